The number of aromatic amines is 1. The van der Waals surface area contributed by atoms with Crippen molar-refractivity contribution in [2.24, 2.45) is 0 Å². The molecular weight excluding hydrogens is 341 g/mol. The van der Waals surface area contributed by atoms with Crippen LogP contribution in [0.5, 0.6) is 0 Å². The van der Waals surface area contributed by atoms with E-state index in [1.807, 2.05) is 19.1 Å². The Hall–Kier alpha value is -3.00. The van der Waals surface area contributed by atoms with Gasteiger partial charge < -0.3 is 10.3 Å². The first-order valence-corrected chi connectivity index (χ1v) is 8.54. The topological polar surface area (TPSA) is 82.7 Å². The van der Waals surface area contributed by atoms with Gasteiger partial charge in [0.2, 0.25) is 0 Å². The molecule has 0 fully saturated rings. The second-order valence-electron chi connectivity index (χ2n) is 5.41. The Morgan fingerprint density at radius 2 is 2.24 bits per heavy atom. The van der Waals surface area contributed by atoms with E-state index in [0.29, 0.717) is 33.1 Å². The molecule has 0 spiro atoms. The minimum Gasteiger partial charge on any atom is -0.346 e. The number of nitrogens with zero attached hydrogens (tertiary/aromatic N) is 2. The Morgan fingerprint density at radius 1 is 1.36 bits per heavy atom. The van der Waals surface area contributed by atoms with Crippen molar-refractivity contribution in [3.63, 3.8) is 0 Å². The molecule has 0 atom stereocenters. The number of carbonyl (C=O) groups is 1. The summed E-state index contributed by atoms with van der Waals surface area (Å²) < 4.78 is 15.3. The fourth-order valence-corrected chi connectivity index (χ4v) is 3.56. The molecule has 3 aromatic heterocycles. The quantitative estimate of drug-likeness (QED) is 0.517. The van der Waals surface area contributed by atoms with Crippen molar-refractivity contribution in [2.45, 2.75) is 6.92 Å². The zero-order valence-corrected chi connectivity index (χ0v) is 14.1. The molecule has 0 bridgehead atoms. The zero-order valence-electron chi connectivity index (χ0n) is 13.3. The lowest BCUT2D eigenvalue weighted by Gasteiger charge is -2.02. The van der Waals surface area contributed by atoms with Gasteiger partial charge in [-0.2, -0.15) is 0 Å². The first-order valence-electron chi connectivity index (χ1n) is 7.73. The number of aromatic nitrogens is 3. The molecule has 3 N–H and O–H groups in total. The molecular formula is C17H14FN5OS. The summed E-state index contributed by atoms with van der Waals surface area (Å²) in [5.74, 6) is -0.342. The monoisotopic (exact) mass is 355 g/mol. The van der Waals surface area contributed by atoms with Gasteiger partial charge >= 0.3 is 6.03 Å². The molecule has 0 saturated carbocycles. The van der Waals surface area contributed by atoms with Gasteiger partial charge in [-0.05, 0) is 31.2 Å². The van der Waals surface area contributed by atoms with Gasteiger partial charge in [0, 0.05) is 35.5 Å². The average molecular weight is 355 g/mol. The largest absolute Gasteiger partial charge is 0.346 e. The molecule has 6 nitrogen and oxygen atoms in total. The molecule has 0 unspecified atom stereocenters. The number of pyridine rings is 1. The van der Waals surface area contributed by atoms with E-state index in [-0.39, 0.29) is 11.8 Å². The van der Waals surface area contributed by atoms with Crippen LogP contribution in [-0.2, 0) is 0 Å². The fourth-order valence-electron chi connectivity index (χ4n) is 2.69. The van der Waals surface area contributed by atoms with Crippen LogP contribution in [0.2, 0.25) is 0 Å². The van der Waals surface area contributed by atoms with E-state index in [1.54, 1.807) is 18.5 Å². The predicted octanol–water partition coefficient (Wildman–Crippen LogP) is 4.12. The summed E-state index contributed by atoms with van der Waals surface area (Å²) in [7, 11) is 0. The minimum atomic E-state index is -0.342. The van der Waals surface area contributed by atoms with Crippen molar-refractivity contribution in [3.8, 4) is 11.1 Å². The van der Waals surface area contributed by atoms with Crippen LogP contribution >= 0.6 is 11.3 Å². The number of fused-ring (bicyclic) bond motifs is 2. The van der Waals surface area contributed by atoms with E-state index in [2.05, 4.69) is 25.6 Å². The highest BCUT2D eigenvalue weighted by molar-refractivity contribution is 7.22. The molecule has 8 heteroatoms. The highest BCUT2D eigenvalue weighted by Gasteiger charge is 2.15. The summed E-state index contributed by atoms with van der Waals surface area (Å²) in [5, 5.41) is 6.56. The fraction of sp³-hybridized carbons (Fsp3) is 0.118. The van der Waals surface area contributed by atoms with E-state index < -0.39 is 0 Å². The number of anilines is 1. The van der Waals surface area contributed by atoms with E-state index in [4.69, 9.17) is 0 Å². The number of hydrogen-bond donors (Lipinski definition) is 3. The Balaban J connectivity index is 1.78. The molecule has 0 saturated heterocycles. The highest BCUT2D eigenvalue weighted by Crippen LogP contribution is 2.35. The zero-order chi connectivity index (χ0) is 17.4. The van der Waals surface area contributed by atoms with Crippen molar-refractivity contribution in [3.05, 3.63) is 42.5 Å². The van der Waals surface area contributed by atoms with E-state index in [1.165, 1.54) is 17.4 Å². The number of urea groups is 1. The third-order valence-corrected chi connectivity index (χ3v) is 4.71. The lowest BCUT2D eigenvalue weighted by molar-refractivity contribution is 0.252. The minimum absolute atomic E-state index is 0.329. The first-order chi connectivity index (χ1) is 12.2. The Bertz CT molecular complexity index is 1090. The van der Waals surface area contributed by atoms with Crippen molar-refractivity contribution >= 4 is 43.7 Å². The molecule has 0 aliphatic heterocycles. The number of nitrogens with one attached hydrogen (secondary N) is 3. The molecule has 4 aromatic rings. The number of amides is 2. The summed E-state index contributed by atoms with van der Waals surface area (Å²) in [4.78, 5) is 23.3. The summed E-state index contributed by atoms with van der Waals surface area (Å²) in [6.07, 6.45) is 3.42. The lowest BCUT2D eigenvalue weighted by Crippen LogP contribution is -2.28. The number of benzene rings is 1. The number of halogens is 1. The van der Waals surface area contributed by atoms with Gasteiger partial charge in [-0.25, -0.2) is 19.2 Å². The average Bonchev–Trinajstić information content (AvgIpc) is 3.17. The highest BCUT2D eigenvalue weighted by atomic mass is 32.1. The number of H-pyrrole nitrogens is 1. The van der Waals surface area contributed by atoms with Crippen molar-refractivity contribution < 1.29 is 9.18 Å². The third kappa shape index (κ3) is 2.80. The van der Waals surface area contributed by atoms with Crippen LogP contribution in [0.25, 0.3) is 32.4 Å². The molecule has 3 heterocycles. The Kier molecular flexibility index (Phi) is 3.81. The van der Waals surface area contributed by atoms with Gasteiger partial charge in [0.25, 0.3) is 0 Å². The van der Waals surface area contributed by atoms with Gasteiger partial charge in [0.15, 0.2) is 5.13 Å². The SMILES string of the molecule is CCNC(=O)Nc1nc2cc(-c3c[nH]c4ncccc34)c(F)cc2s1. The standard InChI is InChI=1S/C17H14FN5OS/c1-2-19-16(24)23-17-22-13-6-10(12(18)7-14(13)25-17)11-8-21-15-9(11)4-3-5-20-15/h3-8H,2H2,1H3,(H,20,21)(H2,19,22,23,24). The number of thiazole rings is 1. The summed E-state index contributed by atoms with van der Waals surface area (Å²) in [6.45, 7) is 2.35. The van der Waals surface area contributed by atoms with Crippen LogP contribution < -0.4 is 10.6 Å². The molecule has 4 rings (SSSR count). The van der Waals surface area contributed by atoms with Crippen LogP contribution in [0.4, 0.5) is 14.3 Å². The van der Waals surface area contributed by atoms with Crippen molar-refractivity contribution in [1.29, 1.82) is 0 Å². The van der Waals surface area contributed by atoms with Gasteiger partial charge in [-0.1, -0.05) is 11.3 Å². The first kappa shape index (κ1) is 15.5. The second-order valence-corrected chi connectivity index (χ2v) is 6.44. The number of rotatable bonds is 3. The molecule has 2 amide bonds. The predicted molar refractivity (Wildman–Crippen MR) is 97.4 cm³/mol. The van der Waals surface area contributed by atoms with Gasteiger partial charge in [-0.3, -0.25) is 5.32 Å². The lowest BCUT2D eigenvalue weighted by atomic mass is 10.0. The normalized spacial score (nSPS) is 11.1. The Morgan fingerprint density at radius 3 is 3.08 bits per heavy atom. The van der Waals surface area contributed by atoms with E-state index >= 15 is 0 Å². The maximum Gasteiger partial charge on any atom is 0.321 e. The van der Waals surface area contributed by atoms with Crippen LogP contribution in [0, 0.1) is 5.82 Å². The van der Waals surface area contributed by atoms with E-state index in [0.717, 1.165) is 10.9 Å². The van der Waals surface area contributed by atoms with Gasteiger partial charge in [-0.15, -0.1) is 0 Å². The van der Waals surface area contributed by atoms with Gasteiger partial charge in [0.1, 0.15) is 11.5 Å². The second kappa shape index (κ2) is 6.14. The molecule has 25 heavy (non-hydrogen) atoms. The summed E-state index contributed by atoms with van der Waals surface area (Å²) in [5.41, 5.74) is 2.51. The number of carbonyl (C=O) groups excluding carboxylic acids is 1. The molecule has 0 aliphatic carbocycles. The third-order valence-electron chi connectivity index (χ3n) is 3.78. The van der Waals surface area contributed by atoms with E-state index in [9.17, 15) is 9.18 Å². The van der Waals surface area contributed by atoms with Gasteiger partial charge in [0.05, 0.1) is 10.2 Å². The van der Waals surface area contributed by atoms with Crippen LogP contribution in [0.15, 0.2) is 36.7 Å². The molecule has 0 aliphatic rings. The number of hydrogen-bond acceptors (Lipinski definition) is 4. The van der Waals surface area contributed by atoms with Crippen LogP contribution in [0.1, 0.15) is 6.92 Å². The Labute approximate surface area is 146 Å². The van der Waals surface area contributed by atoms with Crippen molar-refractivity contribution in [1.82, 2.24) is 20.3 Å². The molecule has 1 aromatic carbocycles. The maximum absolute atomic E-state index is 14.6. The van der Waals surface area contributed by atoms with Crippen LogP contribution in [0.3, 0.4) is 0 Å². The maximum atomic E-state index is 14.6. The van der Waals surface area contributed by atoms with Crippen LogP contribution in [-0.4, -0.2) is 27.5 Å². The van der Waals surface area contributed by atoms with Crippen molar-refractivity contribution in [2.75, 3.05) is 11.9 Å². The molecule has 0 radical (unpaired) electrons. The summed E-state index contributed by atoms with van der Waals surface area (Å²) in [6, 6.07) is 6.51. The molecule has 126 valence electrons. The summed E-state index contributed by atoms with van der Waals surface area (Å²) >= 11 is 1.23. The smallest absolute Gasteiger partial charge is 0.321 e.